The van der Waals surface area contributed by atoms with Crippen LogP contribution in [0.1, 0.15) is 25.3 Å². The van der Waals surface area contributed by atoms with Gasteiger partial charge < -0.3 is 16.0 Å². The average Bonchev–Trinajstić information content (AvgIpc) is 2.43. The van der Waals surface area contributed by atoms with Crippen LogP contribution in [0.4, 0.5) is 5.69 Å². The number of nitrogens with zero attached hydrogens (tertiary/aromatic N) is 1. The molecule has 1 saturated heterocycles. The zero-order valence-corrected chi connectivity index (χ0v) is 12.5. The predicted octanol–water partition coefficient (Wildman–Crippen LogP) is 1.66. The number of anilines is 1. The fraction of sp³-hybridized carbons (Fsp3) is 0.562. The van der Waals surface area contributed by atoms with Crippen LogP contribution in [-0.2, 0) is 11.2 Å². The van der Waals surface area contributed by atoms with Gasteiger partial charge >= 0.3 is 0 Å². The number of piperidine rings is 1. The highest BCUT2D eigenvalue weighted by molar-refractivity contribution is 5.80. The highest BCUT2D eigenvalue weighted by Crippen LogP contribution is 2.29. The molecule has 0 atom stereocenters. The van der Waals surface area contributed by atoms with Crippen LogP contribution in [0.5, 0.6) is 0 Å². The van der Waals surface area contributed by atoms with Crippen LogP contribution in [0.3, 0.4) is 0 Å². The average molecular weight is 275 g/mol. The maximum atomic E-state index is 12.0. The molecule has 0 spiro atoms. The Labute approximate surface area is 121 Å². The van der Waals surface area contributed by atoms with Crippen molar-refractivity contribution in [1.82, 2.24) is 10.2 Å². The Hall–Kier alpha value is -1.55. The van der Waals surface area contributed by atoms with Crippen LogP contribution in [0.25, 0.3) is 0 Å². The van der Waals surface area contributed by atoms with Gasteiger partial charge in [0.15, 0.2) is 0 Å². The summed E-state index contributed by atoms with van der Waals surface area (Å²) in [5.41, 5.74) is 7.68. The molecule has 1 aliphatic rings. The van der Waals surface area contributed by atoms with Gasteiger partial charge in [0.2, 0.25) is 5.91 Å². The molecular formula is C16H25N3O. The number of hydrogen-bond donors (Lipinski definition) is 2. The van der Waals surface area contributed by atoms with E-state index in [1.807, 2.05) is 24.3 Å². The van der Waals surface area contributed by atoms with Crippen molar-refractivity contribution in [1.29, 1.82) is 0 Å². The summed E-state index contributed by atoms with van der Waals surface area (Å²) in [4.78, 5) is 14.4. The summed E-state index contributed by atoms with van der Waals surface area (Å²) >= 11 is 0. The summed E-state index contributed by atoms with van der Waals surface area (Å²) < 4.78 is 0. The van der Waals surface area contributed by atoms with Crippen molar-refractivity contribution in [2.75, 3.05) is 32.4 Å². The van der Waals surface area contributed by atoms with Gasteiger partial charge in [-0.05, 0) is 50.0 Å². The molecule has 0 aromatic heterocycles. The number of carbonyl (C=O) groups excluding carboxylic acids is 1. The first kappa shape index (κ1) is 14.9. The smallest absolute Gasteiger partial charge is 0.224 e. The molecule has 2 rings (SSSR count). The molecule has 1 aromatic rings. The fourth-order valence-corrected chi connectivity index (χ4v) is 2.58. The Morgan fingerprint density at radius 3 is 2.65 bits per heavy atom. The van der Waals surface area contributed by atoms with Crippen molar-refractivity contribution in [3.63, 3.8) is 0 Å². The molecule has 4 heteroatoms. The van der Waals surface area contributed by atoms with Crippen molar-refractivity contribution in [2.45, 2.75) is 26.2 Å². The number of nitrogens with two attached hydrogens (primary N) is 1. The van der Waals surface area contributed by atoms with Gasteiger partial charge in [-0.3, -0.25) is 4.79 Å². The Balaban J connectivity index is 1.82. The van der Waals surface area contributed by atoms with Gasteiger partial charge in [0, 0.05) is 12.2 Å². The van der Waals surface area contributed by atoms with Gasteiger partial charge in [0.05, 0.1) is 6.42 Å². The van der Waals surface area contributed by atoms with E-state index in [0.717, 1.165) is 38.0 Å². The number of amides is 1. The SMILES string of the molecule is CN1CCC(C)(CNC(=O)Cc2ccccc2N)CC1. The molecule has 1 heterocycles. The van der Waals surface area contributed by atoms with Gasteiger partial charge in [-0.15, -0.1) is 0 Å². The molecule has 1 aliphatic heterocycles. The van der Waals surface area contributed by atoms with Gasteiger partial charge in [-0.2, -0.15) is 0 Å². The lowest BCUT2D eigenvalue weighted by Gasteiger charge is -2.38. The molecule has 0 saturated carbocycles. The summed E-state index contributed by atoms with van der Waals surface area (Å²) in [5.74, 6) is 0.0584. The number of carbonyl (C=O) groups is 1. The summed E-state index contributed by atoms with van der Waals surface area (Å²) in [6.07, 6.45) is 2.64. The molecule has 3 N–H and O–H groups in total. The maximum absolute atomic E-state index is 12.0. The molecule has 0 aliphatic carbocycles. The predicted molar refractivity (Wildman–Crippen MR) is 82.4 cm³/mol. The Kier molecular flexibility index (Phi) is 4.65. The van der Waals surface area contributed by atoms with E-state index in [-0.39, 0.29) is 11.3 Å². The first-order valence-corrected chi connectivity index (χ1v) is 7.27. The minimum absolute atomic E-state index is 0.0584. The van der Waals surface area contributed by atoms with Crippen molar-refractivity contribution < 1.29 is 4.79 Å². The van der Waals surface area contributed by atoms with Gasteiger partial charge in [0.1, 0.15) is 0 Å². The number of likely N-dealkylation sites (tertiary alicyclic amines) is 1. The largest absolute Gasteiger partial charge is 0.398 e. The zero-order valence-electron chi connectivity index (χ0n) is 12.5. The van der Waals surface area contributed by atoms with Gasteiger partial charge in [-0.25, -0.2) is 0 Å². The normalized spacial score (nSPS) is 18.7. The van der Waals surface area contributed by atoms with Gasteiger partial charge in [0.25, 0.3) is 0 Å². The fourth-order valence-electron chi connectivity index (χ4n) is 2.58. The van der Waals surface area contributed by atoms with Crippen LogP contribution >= 0.6 is 0 Å². The van der Waals surface area contributed by atoms with Crippen LogP contribution in [0.2, 0.25) is 0 Å². The van der Waals surface area contributed by atoms with Crippen molar-refractivity contribution in [3.05, 3.63) is 29.8 Å². The second kappa shape index (κ2) is 6.27. The monoisotopic (exact) mass is 275 g/mol. The first-order chi connectivity index (χ1) is 9.48. The third kappa shape index (κ3) is 3.97. The quantitative estimate of drug-likeness (QED) is 0.822. The Morgan fingerprint density at radius 2 is 2.00 bits per heavy atom. The van der Waals surface area contributed by atoms with Crippen molar-refractivity contribution in [3.8, 4) is 0 Å². The van der Waals surface area contributed by atoms with Crippen molar-refractivity contribution >= 4 is 11.6 Å². The van der Waals surface area contributed by atoms with Crippen molar-refractivity contribution in [2.24, 2.45) is 5.41 Å². The van der Waals surface area contributed by atoms with E-state index in [0.29, 0.717) is 12.1 Å². The minimum atomic E-state index is 0.0584. The van der Waals surface area contributed by atoms with E-state index in [1.165, 1.54) is 0 Å². The number of rotatable bonds is 4. The molecule has 4 nitrogen and oxygen atoms in total. The lowest BCUT2D eigenvalue weighted by atomic mass is 9.80. The van der Waals surface area contributed by atoms with Crippen LogP contribution in [-0.4, -0.2) is 37.5 Å². The summed E-state index contributed by atoms with van der Waals surface area (Å²) in [6.45, 7) is 5.24. The highest BCUT2D eigenvalue weighted by atomic mass is 16.1. The third-order valence-electron chi connectivity index (χ3n) is 4.31. The number of nitrogens with one attached hydrogen (secondary N) is 1. The summed E-state index contributed by atoms with van der Waals surface area (Å²) in [6, 6.07) is 7.54. The number of hydrogen-bond acceptors (Lipinski definition) is 3. The highest BCUT2D eigenvalue weighted by Gasteiger charge is 2.29. The number of benzene rings is 1. The summed E-state index contributed by atoms with van der Waals surface area (Å²) in [5, 5.41) is 3.07. The summed E-state index contributed by atoms with van der Waals surface area (Å²) in [7, 11) is 2.15. The molecular weight excluding hydrogens is 250 g/mol. The molecule has 0 bridgehead atoms. The third-order valence-corrected chi connectivity index (χ3v) is 4.31. The van der Waals surface area contributed by atoms with Crippen LogP contribution in [0, 0.1) is 5.41 Å². The minimum Gasteiger partial charge on any atom is -0.398 e. The molecule has 20 heavy (non-hydrogen) atoms. The Bertz CT molecular complexity index is 465. The maximum Gasteiger partial charge on any atom is 0.224 e. The molecule has 1 amide bonds. The lowest BCUT2D eigenvalue weighted by molar-refractivity contribution is -0.121. The lowest BCUT2D eigenvalue weighted by Crippen LogP contribution is -2.43. The van der Waals surface area contributed by atoms with E-state index in [9.17, 15) is 4.79 Å². The number of nitrogen functional groups attached to an aromatic ring is 1. The van der Waals surface area contributed by atoms with E-state index in [1.54, 1.807) is 0 Å². The molecule has 0 radical (unpaired) electrons. The van der Waals surface area contributed by atoms with Gasteiger partial charge in [-0.1, -0.05) is 25.1 Å². The van der Waals surface area contributed by atoms with E-state index >= 15 is 0 Å². The van der Waals surface area contributed by atoms with E-state index in [2.05, 4.69) is 24.2 Å². The van der Waals surface area contributed by atoms with Crippen LogP contribution < -0.4 is 11.1 Å². The molecule has 0 unspecified atom stereocenters. The van der Waals surface area contributed by atoms with E-state index in [4.69, 9.17) is 5.73 Å². The molecule has 1 aromatic carbocycles. The number of para-hydroxylation sites is 1. The van der Waals surface area contributed by atoms with E-state index < -0.39 is 0 Å². The second-order valence-corrected chi connectivity index (χ2v) is 6.27. The Morgan fingerprint density at radius 1 is 1.35 bits per heavy atom. The standard InChI is InChI=1S/C16H25N3O/c1-16(7-9-19(2)10-8-16)12-18-15(20)11-13-5-3-4-6-14(13)17/h3-6H,7-12,17H2,1-2H3,(H,18,20). The molecule has 1 fully saturated rings. The molecule has 110 valence electrons. The topological polar surface area (TPSA) is 58.4 Å². The first-order valence-electron chi connectivity index (χ1n) is 7.27. The second-order valence-electron chi connectivity index (χ2n) is 6.27. The zero-order chi connectivity index (χ0) is 14.6. The van der Waals surface area contributed by atoms with Crippen LogP contribution in [0.15, 0.2) is 24.3 Å².